The third kappa shape index (κ3) is 3.03. The van der Waals surface area contributed by atoms with E-state index in [0.717, 1.165) is 32.5 Å². The predicted octanol–water partition coefficient (Wildman–Crippen LogP) is 7.61. The standard InChI is InChI=1S/C21H15F3S2/c1-12-7-8-14(21(22,23)24)11-16(12)15-9-10-19-20(13(15)2)26-18-6-4-3-5-17(18)25-19/h3-11H,1-2H3. The third-order valence-electron chi connectivity index (χ3n) is 4.51. The number of hydrogen-bond acceptors (Lipinski definition) is 2. The number of alkyl halides is 3. The SMILES string of the molecule is Cc1ccc(C(F)(F)F)cc1-c1ccc2c(c1C)Sc1ccccc1S2. The van der Waals surface area contributed by atoms with Crippen molar-refractivity contribution < 1.29 is 13.2 Å². The lowest BCUT2D eigenvalue weighted by Gasteiger charge is -2.22. The van der Waals surface area contributed by atoms with E-state index in [1.807, 2.05) is 38.1 Å². The summed E-state index contributed by atoms with van der Waals surface area (Å²) in [5, 5.41) is 0. The smallest absolute Gasteiger partial charge is 0.166 e. The molecule has 0 fully saturated rings. The second-order valence-electron chi connectivity index (χ2n) is 6.24. The summed E-state index contributed by atoms with van der Waals surface area (Å²) in [6.07, 6.45) is -4.34. The van der Waals surface area contributed by atoms with Crippen LogP contribution in [0.25, 0.3) is 11.1 Å². The lowest BCUT2D eigenvalue weighted by Crippen LogP contribution is -2.05. The zero-order valence-corrected chi connectivity index (χ0v) is 15.8. The summed E-state index contributed by atoms with van der Waals surface area (Å²) in [6, 6.07) is 16.1. The zero-order valence-electron chi connectivity index (χ0n) is 14.1. The number of halogens is 3. The fraction of sp³-hybridized carbons (Fsp3) is 0.143. The molecule has 0 radical (unpaired) electrons. The molecule has 3 aromatic carbocycles. The van der Waals surface area contributed by atoms with E-state index in [4.69, 9.17) is 0 Å². The van der Waals surface area contributed by atoms with Gasteiger partial charge in [0.1, 0.15) is 0 Å². The topological polar surface area (TPSA) is 0 Å². The molecule has 0 spiro atoms. The van der Waals surface area contributed by atoms with Crippen molar-refractivity contribution in [2.75, 3.05) is 0 Å². The number of fused-ring (bicyclic) bond motifs is 2. The Hall–Kier alpha value is -1.85. The number of rotatable bonds is 1. The first-order valence-electron chi connectivity index (χ1n) is 8.11. The van der Waals surface area contributed by atoms with Crippen molar-refractivity contribution in [2.45, 2.75) is 39.6 Å². The van der Waals surface area contributed by atoms with Gasteiger partial charge in [-0.25, -0.2) is 0 Å². The Labute approximate surface area is 158 Å². The van der Waals surface area contributed by atoms with Crippen molar-refractivity contribution in [1.82, 2.24) is 0 Å². The van der Waals surface area contributed by atoms with Crippen LogP contribution in [0.1, 0.15) is 16.7 Å². The average molecular weight is 388 g/mol. The van der Waals surface area contributed by atoms with Crippen LogP contribution in [0.2, 0.25) is 0 Å². The highest BCUT2D eigenvalue weighted by atomic mass is 32.2. The van der Waals surface area contributed by atoms with Crippen molar-refractivity contribution >= 4 is 23.5 Å². The summed E-state index contributed by atoms with van der Waals surface area (Å²) in [7, 11) is 0. The fourth-order valence-electron chi connectivity index (χ4n) is 3.10. The minimum atomic E-state index is -4.34. The Balaban J connectivity index is 1.84. The molecule has 0 bridgehead atoms. The molecule has 0 unspecified atom stereocenters. The Bertz CT molecular complexity index is 1010. The summed E-state index contributed by atoms with van der Waals surface area (Å²) < 4.78 is 39.4. The first-order chi connectivity index (χ1) is 12.3. The minimum Gasteiger partial charge on any atom is -0.166 e. The van der Waals surface area contributed by atoms with Gasteiger partial charge in [-0.15, -0.1) is 0 Å². The van der Waals surface area contributed by atoms with Gasteiger partial charge in [0.05, 0.1) is 5.56 Å². The Morgan fingerprint density at radius 3 is 2.12 bits per heavy atom. The molecule has 0 aliphatic carbocycles. The van der Waals surface area contributed by atoms with Crippen molar-refractivity contribution in [1.29, 1.82) is 0 Å². The highest BCUT2D eigenvalue weighted by molar-refractivity contribution is 8.05. The second kappa shape index (κ2) is 6.39. The molecule has 1 aliphatic heterocycles. The van der Waals surface area contributed by atoms with Gasteiger partial charge >= 0.3 is 6.18 Å². The number of hydrogen-bond donors (Lipinski definition) is 0. The Morgan fingerprint density at radius 1 is 0.731 bits per heavy atom. The maximum absolute atomic E-state index is 13.1. The van der Waals surface area contributed by atoms with Crippen LogP contribution in [0, 0.1) is 13.8 Å². The molecule has 4 rings (SSSR count). The van der Waals surface area contributed by atoms with E-state index in [1.165, 1.54) is 15.9 Å². The monoisotopic (exact) mass is 388 g/mol. The van der Waals surface area contributed by atoms with E-state index in [-0.39, 0.29) is 0 Å². The summed E-state index contributed by atoms with van der Waals surface area (Å²) >= 11 is 3.40. The zero-order chi connectivity index (χ0) is 18.5. The molecular formula is C21H15F3S2. The molecule has 0 N–H and O–H groups in total. The number of benzene rings is 3. The largest absolute Gasteiger partial charge is 0.416 e. The highest BCUT2D eigenvalue weighted by Gasteiger charge is 2.31. The van der Waals surface area contributed by atoms with Crippen molar-refractivity contribution in [3.63, 3.8) is 0 Å². The van der Waals surface area contributed by atoms with Crippen LogP contribution in [0.5, 0.6) is 0 Å². The molecule has 0 aromatic heterocycles. The molecule has 0 nitrogen and oxygen atoms in total. The Kier molecular flexibility index (Phi) is 4.32. The van der Waals surface area contributed by atoms with Gasteiger partial charge in [-0.3, -0.25) is 0 Å². The molecule has 0 amide bonds. The molecular weight excluding hydrogens is 373 g/mol. The molecule has 1 heterocycles. The second-order valence-corrected chi connectivity index (χ2v) is 8.38. The summed E-state index contributed by atoms with van der Waals surface area (Å²) in [5.41, 5.74) is 2.76. The van der Waals surface area contributed by atoms with E-state index in [0.29, 0.717) is 5.56 Å². The first kappa shape index (κ1) is 17.6. The van der Waals surface area contributed by atoms with Gasteiger partial charge in [-0.05, 0) is 66.4 Å². The normalized spacial score (nSPS) is 13.3. The van der Waals surface area contributed by atoms with Crippen LogP contribution < -0.4 is 0 Å². The predicted molar refractivity (Wildman–Crippen MR) is 101 cm³/mol. The molecule has 0 saturated carbocycles. The average Bonchev–Trinajstić information content (AvgIpc) is 2.61. The van der Waals surface area contributed by atoms with Crippen molar-refractivity contribution in [2.24, 2.45) is 0 Å². The van der Waals surface area contributed by atoms with Crippen LogP contribution >= 0.6 is 23.5 Å². The quantitative estimate of drug-likeness (QED) is 0.329. The maximum atomic E-state index is 13.1. The first-order valence-corrected chi connectivity index (χ1v) is 9.74. The number of aryl methyl sites for hydroxylation is 1. The molecule has 3 aromatic rings. The van der Waals surface area contributed by atoms with E-state index in [1.54, 1.807) is 29.6 Å². The van der Waals surface area contributed by atoms with Gasteiger partial charge in [0, 0.05) is 19.6 Å². The van der Waals surface area contributed by atoms with E-state index in [2.05, 4.69) is 12.1 Å². The molecule has 0 saturated heterocycles. The van der Waals surface area contributed by atoms with Crippen LogP contribution in [0.3, 0.4) is 0 Å². The van der Waals surface area contributed by atoms with Crippen LogP contribution in [0.4, 0.5) is 13.2 Å². The van der Waals surface area contributed by atoms with Gasteiger partial charge in [-0.2, -0.15) is 13.2 Å². The highest BCUT2D eigenvalue weighted by Crippen LogP contribution is 2.51. The van der Waals surface area contributed by atoms with Crippen LogP contribution in [-0.4, -0.2) is 0 Å². The minimum absolute atomic E-state index is 0.609. The molecule has 0 atom stereocenters. The van der Waals surface area contributed by atoms with Crippen LogP contribution in [-0.2, 0) is 6.18 Å². The molecule has 1 aliphatic rings. The third-order valence-corrected chi connectivity index (χ3v) is 7.21. The van der Waals surface area contributed by atoms with E-state index < -0.39 is 11.7 Å². The van der Waals surface area contributed by atoms with Gasteiger partial charge in [-0.1, -0.05) is 47.8 Å². The maximum Gasteiger partial charge on any atom is 0.416 e. The summed E-state index contributed by atoms with van der Waals surface area (Å²) in [5.74, 6) is 0. The molecule has 5 heteroatoms. The van der Waals surface area contributed by atoms with Crippen molar-refractivity contribution in [3.05, 3.63) is 71.3 Å². The van der Waals surface area contributed by atoms with Gasteiger partial charge in [0.25, 0.3) is 0 Å². The van der Waals surface area contributed by atoms with Gasteiger partial charge in [0.15, 0.2) is 0 Å². The summed E-state index contributed by atoms with van der Waals surface area (Å²) in [6.45, 7) is 3.85. The molecule has 132 valence electrons. The van der Waals surface area contributed by atoms with Gasteiger partial charge < -0.3 is 0 Å². The summed E-state index contributed by atoms with van der Waals surface area (Å²) in [4.78, 5) is 4.68. The lowest BCUT2D eigenvalue weighted by molar-refractivity contribution is -0.137. The van der Waals surface area contributed by atoms with Crippen LogP contribution in [0.15, 0.2) is 74.2 Å². The van der Waals surface area contributed by atoms with E-state index in [9.17, 15) is 13.2 Å². The Morgan fingerprint density at radius 2 is 1.42 bits per heavy atom. The van der Waals surface area contributed by atoms with Gasteiger partial charge in [0.2, 0.25) is 0 Å². The fourth-order valence-corrected chi connectivity index (χ4v) is 5.50. The van der Waals surface area contributed by atoms with Crippen molar-refractivity contribution in [3.8, 4) is 11.1 Å². The molecule has 26 heavy (non-hydrogen) atoms. The lowest BCUT2D eigenvalue weighted by atomic mass is 9.94. The van der Waals surface area contributed by atoms with E-state index >= 15 is 0 Å².